The van der Waals surface area contributed by atoms with Crippen LogP contribution in [0, 0.1) is 58.2 Å². The van der Waals surface area contributed by atoms with E-state index < -0.39 is 0 Å². The molecule has 0 aliphatic heterocycles. The van der Waals surface area contributed by atoms with Crippen molar-refractivity contribution in [2.45, 2.75) is 220 Å². The molecule has 1 heterocycles. The first-order valence-corrected chi connectivity index (χ1v) is 30.6. The van der Waals surface area contributed by atoms with Gasteiger partial charge in [-0.15, -0.1) is 11.3 Å². The van der Waals surface area contributed by atoms with Crippen molar-refractivity contribution in [3.8, 4) is 21.9 Å². The Kier molecular flexibility index (Phi) is 18.6. The Morgan fingerprint density at radius 2 is 0.740 bits per heavy atom. The lowest BCUT2D eigenvalue weighted by atomic mass is 9.70. The van der Waals surface area contributed by atoms with Crippen LogP contribution >= 0.6 is 11.3 Å². The van der Waals surface area contributed by atoms with Crippen molar-refractivity contribution in [3.05, 3.63) is 47.8 Å². The molecule has 77 heavy (non-hydrogen) atoms. The number of carbonyl (C=O) groups excluding carboxylic acids is 6. The van der Waals surface area contributed by atoms with E-state index in [0.29, 0.717) is 132 Å². The fourth-order valence-electron chi connectivity index (χ4n) is 13.5. The van der Waals surface area contributed by atoms with E-state index in [0.717, 1.165) is 67.0 Å². The van der Waals surface area contributed by atoms with Gasteiger partial charge in [0.25, 0.3) is 0 Å². The summed E-state index contributed by atoms with van der Waals surface area (Å²) in [6, 6.07) is 13.1. The maximum atomic E-state index is 13.9. The molecule has 12 nitrogen and oxygen atoms in total. The van der Waals surface area contributed by atoms with Gasteiger partial charge in [-0.25, -0.2) is 0 Å². The van der Waals surface area contributed by atoms with Crippen molar-refractivity contribution in [2.75, 3.05) is 0 Å². The van der Waals surface area contributed by atoms with Crippen LogP contribution in [0.2, 0.25) is 0 Å². The Morgan fingerprint density at radius 3 is 1.12 bits per heavy atom. The first-order chi connectivity index (χ1) is 36.8. The molecular weight excluding hydrogens is 993 g/mol. The molecule has 6 saturated carbocycles. The van der Waals surface area contributed by atoms with E-state index >= 15 is 0 Å². The first-order valence-electron chi connectivity index (χ1n) is 29.7. The largest absolute Gasteiger partial charge is 0.462 e. The fraction of sp³-hybridized carbons (Fsp3) is 0.688. The first kappa shape index (κ1) is 56.9. The molecule has 2 aromatic carbocycles. The van der Waals surface area contributed by atoms with Gasteiger partial charge in [-0.2, -0.15) is 0 Å². The van der Waals surface area contributed by atoms with E-state index in [2.05, 4.69) is 46.9 Å². The molecule has 9 rings (SSSR count). The van der Waals surface area contributed by atoms with Crippen molar-refractivity contribution in [3.63, 3.8) is 0 Å². The van der Waals surface area contributed by atoms with Crippen LogP contribution in [0.15, 0.2) is 47.8 Å². The number of fused-ring (bicyclic) bond motifs is 1. The second-order valence-electron chi connectivity index (χ2n) is 26.1. The van der Waals surface area contributed by atoms with Gasteiger partial charge in [-0.05, 0) is 206 Å². The highest BCUT2D eigenvalue weighted by Crippen LogP contribution is 2.45. The molecule has 0 amide bonds. The molecule has 1 aromatic heterocycles. The standard InChI is InChI=1S/C64H86O12S/c1-63(2,3)46-23-19-43(20-24-46)59(67)73-50-31-27-48(28-32-50)71-57(65)39-11-13-41(14-12-39)61(69)75-52-35-36-55(54(37-52)56-53-10-8-7-9-45(53)38-77-56)76-62(70)42-17-15-40(16-18-42)58(66)72-49-29-33-51(34-30-49)74-60(68)44-21-25-47(26-22-44)64(4,5)6/h7-10,35-44,46-51H,11-34H2,1-6H3/t39?,40-,41?,42-,43?,44?,46?,47?,48-,49-,50-,51-. The third kappa shape index (κ3) is 14.7. The zero-order chi connectivity index (χ0) is 54.4. The number of ether oxygens (including phenoxy) is 6. The van der Waals surface area contributed by atoms with Crippen molar-refractivity contribution < 1.29 is 57.2 Å². The number of hydrogen-bond donors (Lipinski definition) is 0. The summed E-state index contributed by atoms with van der Waals surface area (Å²) in [7, 11) is 0. The predicted octanol–water partition coefficient (Wildman–Crippen LogP) is 14.5. The molecule has 0 radical (unpaired) electrons. The Labute approximate surface area is 461 Å². The fourth-order valence-corrected chi connectivity index (χ4v) is 14.6. The molecule has 0 spiro atoms. The van der Waals surface area contributed by atoms with Crippen LogP contribution in [-0.2, 0) is 47.7 Å². The number of thiophene rings is 1. The lowest BCUT2D eigenvalue weighted by Gasteiger charge is -2.37. The minimum absolute atomic E-state index is 0.0127. The van der Waals surface area contributed by atoms with Gasteiger partial charge < -0.3 is 28.4 Å². The van der Waals surface area contributed by atoms with E-state index in [1.807, 2.05) is 24.3 Å². The van der Waals surface area contributed by atoms with Gasteiger partial charge >= 0.3 is 35.8 Å². The third-order valence-electron chi connectivity index (χ3n) is 18.9. The average Bonchev–Trinajstić information content (AvgIpc) is 3.88. The number of benzene rings is 2. The lowest BCUT2D eigenvalue weighted by Crippen LogP contribution is -2.35. The van der Waals surface area contributed by atoms with E-state index in [9.17, 15) is 28.8 Å². The van der Waals surface area contributed by atoms with Crippen LogP contribution in [0.5, 0.6) is 11.5 Å². The number of rotatable bonds is 13. The van der Waals surface area contributed by atoms with Crippen molar-refractivity contribution >= 4 is 57.9 Å². The molecule has 0 bridgehead atoms. The Morgan fingerprint density at radius 1 is 0.403 bits per heavy atom. The second kappa shape index (κ2) is 25.1. The molecule has 0 unspecified atom stereocenters. The summed E-state index contributed by atoms with van der Waals surface area (Å²) in [5.74, 6) is -0.605. The van der Waals surface area contributed by atoms with Crippen LogP contribution in [0.1, 0.15) is 196 Å². The molecule has 0 N–H and O–H groups in total. The summed E-state index contributed by atoms with van der Waals surface area (Å²) in [6.45, 7) is 13.7. The van der Waals surface area contributed by atoms with Crippen molar-refractivity contribution in [2.24, 2.45) is 58.2 Å². The SMILES string of the molecule is CC(C)(C)C1CCC(C(=O)O[C@H]2CC[C@H](OC(=O)C3CCC(C(=O)Oc4ccc(OC(=O)[C@H]5CC[C@H](C(=O)O[C@H]6CC[C@H](OC(=O)C7CCC(C(C)(C)C)CC7)CC6)CC5)c(-c5scc6ccccc56)c4)CC3)CC2)CC1. The number of esters is 6. The average molecular weight is 1080 g/mol. The van der Waals surface area contributed by atoms with Crippen LogP contribution in [0.25, 0.3) is 21.2 Å². The maximum Gasteiger partial charge on any atom is 0.314 e. The van der Waals surface area contributed by atoms with Crippen molar-refractivity contribution in [1.29, 1.82) is 0 Å². The molecule has 6 fully saturated rings. The Hall–Kier alpha value is -4.78. The molecule has 6 aliphatic rings. The highest BCUT2D eigenvalue weighted by Gasteiger charge is 2.40. The van der Waals surface area contributed by atoms with E-state index in [-0.39, 0.29) is 107 Å². The van der Waals surface area contributed by atoms with Gasteiger partial charge in [-0.1, -0.05) is 65.8 Å². The van der Waals surface area contributed by atoms with Gasteiger partial charge in [-0.3, -0.25) is 28.8 Å². The van der Waals surface area contributed by atoms with Crippen molar-refractivity contribution in [1.82, 2.24) is 0 Å². The van der Waals surface area contributed by atoms with E-state index in [1.165, 1.54) is 11.3 Å². The topological polar surface area (TPSA) is 158 Å². The Bertz CT molecular complexity index is 2520. The molecule has 0 saturated heterocycles. The van der Waals surface area contributed by atoms with Crippen LogP contribution in [0.3, 0.4) is 0 Å². The highest BCUT2D eigenvalue weighted by molar-refractivity contribution is 7.15. The summed E-state index contributed by atoms with van der Waals surface area (Å²) in [5, 5.41) is 4.10. The zero-order valence-corrected chi connectivity index (χ0v) is 47.6. The molecule has 420 valence electrons. The van der Waals surface area contributed by atoms with Gasteiger partial charge in [0, 0.05) is 15.8 Å². The van der Waals surface area contributed by atoms with E-state index in [1.54, 1.807) is 18.2 Å². The molecule has 3 aromatic rings. The number of carbonyl (C=O) groups is 6. The predicted molar refractivity (Wildman–Crippen MR) is 296 cm³/mol. The van der Waals surface area contributed by atoms with E-state index in [4.69, 9.17) is 28.4 Å². The minimum atomic E-state index is -0.384. The lowest BCUT2D eigenvalue weighted by molar-refractivity contribution is -0.165. The molecular formula is C64H86O12S. The minimum Gasteiger partial charge on any atom is -0.462 e. The summed E-state index contributed by atoms with van der Waals surface area (Å²) in [6.07, 6.45) is 16.8. The summed E-state index contributed by atoms with van der Waals surface area (Å²) in [5.41, 5.74) is 1.18. The number of hydrogen-bond acceptors (Lipinski definition) is 13. The molecule has 6 aliphatic carbocycles. The van der Waals surface area contributed by atoms with Gasteiger partial charge in [0.1, 0.15) is 35.9 Å². The van der Waals surface area contributed by atoms with Crippen LogP contribution < -0.4 is 9.47 Å². The second-order valence-corrected chi connectivity index (χ2v) is 27.0. The highest BCUT2D eigenvalue weighted by atomic mass is 32.1. The summed E-state index contributed by atoms with van der Waals surface area (Å²) < 4.78 is 36.2. The van der Waals surface area contributed by atoms with Gasteiger partial charge in [0.2, 0.25) is 0 Å². The van der Waals surface area contributed by atoms with Gasteiger partial charge in [0.15, 0.2) is 0 Å². The maximum absolute atomic E-state index is 13.9. The quantitative estimate of drug-likeness (QED) is 0.0907. The van der Waals surface area contributed by atoms with Gasteiger partial charge in [0.05, 0.1) is 35.5 Å². The smallest absolute Gasteiger partial charge is 0.314 e. The molecule has 0 atom stereocenters. The third-order valence-corrected chi connectivity index (χ3v) is 19.9. The van der Waals surface area contributed by atoms with Crippen LogP contribution in [-0.4, -0.2) is 60.2 Å². The monoisotopic (exact) mass is 1080 g/mol. The Balaban J connectivity index is 0.708. The summed E-state index contributed by atoms with van der Waals surface area (Å²) >= 11 is 1.53. The summed E-state index contributed by atoms with van der Waals surface area (Å²) in [4.78, 5) is 81.3. The normalized spacial score (nSPS) is 30.3. The van der Waals surface area contributed by atoms with Crippen LogP contribution in [0.4, 0.5) is 0 Å². The zero-order valence-electron chi connectivity index (χ0n) is 46.8. The molecule has 13 heteroatoms.